The molecule has 0 atom stereocenters. The molecule has 5 aromatic rings. The number of fused-ring (bicyclic) bond motifs is 7. The van der Waals surface area contributed by atoms with Gasteiger partial charge in [0.15, 0.2) is 6.20 Å². The number of aromatic nitrogens is 1. The van der Waals surface area contributed by atoms with Gasteiger partial charge in [-0.1, -0.05) is 52.0 Å². The Bertz CT molecular complexity index is 1730. The fraction of sp³-hybridized carbons (Fsp3) is 0.382. The first-order valence-electron chi connectivity index (χ1n) is 13.3. The van der Waals surface area contributed by atoms with Gasteiger partial charge in [0.25, 0.3) is 0 Å². The molecule has 2 heterocycles. The van der Waals surface area contributed by atoms with Crippen molar-refractivity contribution in [2.24, 2.45) is 7.05 Å². The van der Waals surface area contributed by atoms with Gasteiger partial charge < -0.3 is 4.42 Å². The number of rotatable bonds is 1. The molecular formula is C34H38NO+. The van der Waals surface area contributed by atoms with Crippen LogP contribution in [0.1, 0.15) is 73.9 Å². The molecule has 36 heavy (non-hydrogen) atoms. The molecule has 0 N–H and O–H groups in total. The van der Waals surface area contributed by atoms with E-state index in [1.807, 2.05) is 0 Å². The van der Waals surface area contributed by atoms with E-state index in [-0.39, 0.29) is 10.8 Å². The highest BCUT2D eigenvalue weighted by Gasteiger charge is 2.39. The van der Waals surface area contributed by atoms with Crippen LogP contribution in [0.2, 0.25) is 0 Å². The minimum atomic E-state index is 0.103. The number of aryl methyl sites for hydroxylation is 5. The number of hydrogen-bond donors (Lipinski definition) is 0. The van der Waals surface area contributed by atoms with Gasteiger partial charge in [-0.05, 0) is 90.6 Å². The predicted molar refractivity (Wildman–Crippen MR) is 152 cm³/mol. The third kappa shape index (κ3) is 3.13. The maximum absolute atomic E-state index is 7.05. The zero-order valence-electron chi connectivity index (χ0n) is 23.3. The van der Waals surface area contributed by atoms with E-state index < -0.39 is 0 Å². The lowest BCUT2D eigenvalue weighted by Gasteiger charge is -2.42. The van der Waals surface area contributed by atoms with Gasteiger partial charge in [-0.2, -0.15) is 0 Å². The zero-order chi connectivity index (χ0) is 25.7. The molecule has 2 nitrogen and oxygen atoms in total. The molecule has 1 aliphatic rings. The van der Waals surface area contributed by atoms with Crippen LogP contribution < -0.4 is 4.57 Å². The highest BCUT2D eigenvalue weighted by molar-refractivity contribution is 6.19. The van der Waals surface area contributed by atoms with E-state index in [0.29, 0.717) is 0 Å². The Morgan fingerprint density at radius 2 is 1.42 bits per heavy atom. The van der Waals surface area contributed by atoms with E-state index in [4.69, 9.17) is 4.42 Å². The Hall–Kier alpha value is -3.13. The van der Waals surface area contributed by atoms with Crippen LogP contribution in [0.25, 0.3) is 44.0 Å². The quantitative estimate of drug-likeness (QED) is 0.221. The van der Waals surface area contributed by atoms with Gasteiger partial charge in [0, 0.05) is 27.8 Å². The molecule has 6 rings (SSSR count). The van der Waals surface area contributed by atoms with Crippen molar-refractivity contribution in [3.05, 3.63) is 76.0 Å². The summed E-state index contributed by atoms with van der Waals surface area (Å²) in [6.07, 6.45) is 4.62. The Labute approximate surface area is 214 Å². The molecule has 0 unspecified atom stereocenters. The van der Waals surface area contributed by atoms with E-state index in [1.54, 1.807) is 0 Å². The van der Waals surface area contributed by atoms with Gasteiger partial charge in [-0.15, -0.1) is 0 Å². The van der Waals surface area contributed by atoms with E-state index in [0.717, 1.165) is 11.2 Å². The van der Waals surface area contributed by atoms with Crippen molar-refractivity contribution >= 4 is 32.7 Å². The topological polar surface area (TPSA) is 17.0 Å². The van der Waals surface area contributed by atoms with E-state index >= 15 is 0 Å². The van der Waals surface area contributed by atoms with Gasteiger partial charge in [0.05, 0.1) is 5.56 Å². The number of furan rings is 1. The standard InChI is InChI=1S/C34H38NO/c1-19-17-26(35(9)18-22(19)4)28-21(3)16-20(2)27-24-12-10-23-11-13-25-30(29(23)31(24)36-32(27)28)34(7,8)15-14-33(25,5)6/h10-13,16-18H,14-15H2,1-9H3/q+1. The summed E-state index contributed by atoms with van der Waals surface area (Å²) in [7, 11) is 2.14. The minimum Gasteiger partial charge on any atom is -0.454 e. The Balaban J connectivity index is 1.81. The average molecular weight is 477 g/mol. The molecule has 0 aliphatic heterocycles. The van der Waals surface area contributed by atoms with E-state index in [1.165, 1.54) is 79.0 Å². The van der Waals surface area contributed by atoms with Crippen molar-refractivity contribution in [2.45, 2.75) is 79.1 Å². The van der Waals surface area contributed by atoms with Crippen LogP contribution in [0.4, 0.5) is 0 Å². The second-order valence-electron chi connectivity index (χ2n) is 12.6. The maximum atomic E-state index is 7.05. The maximum Gasteiger partial charge on any atom is 0.216 e. The van der Waals surface area contributed by atoms with Crippen LogP contribution in [0, 0.1) is 27.7 Å². The van der Waals surface area contributed by atoms with Crippen molar-refractivity contribution in [2.75, 3.05) is 0 Å². The molecule has 0 amide bonds. The van der Waals surface area contributed by atoms with Crippen molar-refractivity contribution in [3.63, 3.8) is 0 Å². The van der Waals surface area contributed by atoms with Crippen LogP contribution in [-0.2, 0) is 17.9 Å². The third-order valence-electron chi connectivity index (χ3n) is 9.07. The summed E-state index contributed by atoms with van der Waals surface area (Å²) in [5.41, 5.74) is 12.8. The van der Waals surface area contributed by atoms with Crippen molar-refractivity contribution in [1.82, 2.24) is 0 Å². The SMILES string of the molecule is Cc1cc(-c2c(C)cc(C)c3c2oc2c3ccc3ccc4c(c32)C(C)(C)CCC4(C)C)[n+](C)cc1C. The summed E-state index contributed by atoms with van der Waals surface area (Å²) < 4.78 is 9.30. The molecule has 1 aliphatic carbocycles. The highest BCUT2D eigenvalue weighted by Crippen LogP contribution is 2.51. The van der Waals surface area contributed by atoms with E-state index in [9.17, 15) is 0 Å². The van der Waals surface area contributed by atoms with Gasteiger partial charge in [0.1, 0.15) is 18.2 Å². The van der Waals surface area contributed by atoms with Crippen LogP contribution in [-0.4, -0.2) is 0 Å². The van der Waals surface area contributed by atoms with Gasteiger partial charge >= 0.3 is 0 Å². The largest absolute Gasteiger partial charge is 0.454 e. The van der Waals surface area contributed by atoms with Gasteiger partial charge in [0.2, 0.25) is 5.69 Å². The molecule has 0 bridgehead atoms. The molecule has 3 aromatic carbocycles. The summed E-state index contributed by atoms with van der Waals surface area (Å²) >= 11 is 0. The first-order chi connectivity index (χ1) is 16.9. The molecule has 0 spiro atoms. The van der Waals surface area contributed by atoms with Crippen molar-refractivity contribution in [1.29, 1.82) is 0 Å². The summed E-state index contributed by atoms with van der Waals surface area (Å²) in [5.74, 6) is 0. The first-order valence-corrected chi connectivity index (χ1v) is 13.3. The first kappa shape index (κ1) is 23.3. The highest BCUT2D eigenvalue weighted by atomic mass is 16.3. The number of pyridine rings is 1. The lowest BCUT2D eigenvalue weighted by Crippen LogP contribution is -2.34. The molecule has 2 heteroatoms. The lowest BCUT2D eigenvalue weighted by atomic mass is 9.62. The van der Waals surface area contributed by atoms with Crippen LogP contribution in [0.3, 0.4) is 0 Å². The number of hydrogen-bond acceptors (Lipinski definition) is 1. The Morgan fingerprint density at radius 3 is 2.17 bits per heavy atom. The molecule has 2 aromatic heterocycles. The Kier molecular flexibility index (Phi) is 4.81. The smallest absolute Gasteiger partial charge is 0.216 e. The van der Waals surface area contributed by atoms with Gasteiger partial charge in [-0.3, -0.25) is 0 Å². The van der Waals surface area contributed by atoms with Crippen LogP contribution in [0.5, 0.6) is 0 Å². The fourth-order valence-electron chi connectivity index (χ4n) is 6.78. The normalized spacial score (nSPS) is 16.7. The fourth-order valence-corrected chi connectivity index (χ4v) is 6.78. The molecule has 0 radical (unpaired) electrons. The average Bonchev–Trinajstić information content (AvgIpc) is 3.19. The minimum absolute atomic E-state index is 0.103. The lowest BCUT2D eigenvalue weighted by molar-refractivity contribution is -0.660. The number of benzene rings is 3. The number of nitrogens with zero attached hydrogens (tertiary/aromatic N) is 1. The Morgan fingerprint density at radius 1 is 0.722 bits per heavy atom. The second kappa shape index (κ2) is 7.44. The molecular weight excluding hydrogens is 438 g/mol. The molecule has 0 fully saturated rings. The molecule has 0 saturated carbocycles. The summed E-state index contributed by atoms with van der Waals surface area (Å²) in [4.78, 5) is 0. The zero-order valence-corrected chi connectivity index (χ0v) is 23.3. The van der Waals surface area contributed by atoms with Crippen molar-refractivity contribution in [3.8, 4) is 11.3 Å². The second-order valence-corrected chi connectivity index (χ2v) is 12.6. The van der Waals surface area contributed by atoms with Crippen LogP contribution >= 0.6 is 0 Å². The van der Waals surface area contributed by atoms with E-state index in [2.05, 4.69) is 110 Å². The third-order valence-corrected chi connectivity index (χ3v) is 9.07. The predicted octanol–water partition coefficient (Wildman–Crippen LogP) is 8.81. The van der Waals surface area contributed by atoms with Crippen LogP contribution in [0.15, 0.2) is 47.0 Å². The molecule has 184 valence electrons. The van der Waals surface area contributed by atoms with Gasteiger partial charge in [-0.25, -0.2) is 4.57 Å². The monoisotopic (exact) mass is 476 g/mol. The molecule has 0 saturated heterocycles. The van der Waals surface area contributed by atoms with Crippen molar-refractivity contribution < 1.29 is 8.98 Å². The summed E-state index contributed by atoms with van der Waals surface area (Å²) in [6, 6.07) is 13.9. The summed E-state index contributed by atoms with van der Waals surface area (Å²) in [6.45, 7) is 18.4. The summed E-state index contributed by atoms with van der Waals surface area (Å²) in [5, 5.41) is 5.07.